The summed E-state index contributed by atoms with van der Waals surface area (Å²) in [5.41, 5.74) is 1.23. The minimum Gasteiger partial charge on any atom is -0.342 e. The van der Waals surface area contributed by atoms with E-state index in [1.54, 1.807) is 6.20 Å². The predicted molar refractivity (Wildman–Crippen MR) is 78.9 cm³/mol. The van der Waals surface area contributed by atoms with E-state index in [2.05, 4.69) is 25.3 Å². The Morgan fingerprint density at radius 1 is 1.14 bits per heavy atom. The quantitative estimate of drug-likeness (QED) is 0.849. The van der Waals surface area contributed by atoms with Crippen molar-refractivity contribution in [3.63, 3.8) is 0 Å². The number of rotatable bonds is 2. The molecule has 0 N–H and O–H groups in total. The van der Waals surface area contributed by atoms with E-state index in [1.807, 2.05) is 12.4 Å². The second-order valence-electron chi connectivity index (χ2n) is 6.22. The van der Waals surface area contributed by atoms with Crippen LogP contribution in [0.15, 0.2) is 24.7 Å². The Labute approximate surface area is 124 Å². The zero-order chi connectivity index (χ0) is 14.2. The molecule has 0 aromatic carbocycles. The second kappa shape index (κ2) is 5.13. The van der Waals surface area contributed by atoms with Gasteiger partial charge in [0.15, 0.2) is 0 Å². The van der Waals surface area contributed by atoms with Gasteiger partial charge in [-0.1, -0.05) is 6.42 Å². The van der Waals surface area contributed by atoms with Crippen molar-refractivity contribution < 1.29 is 4.79 Å². The molecular formula is C16H20N4O. The van der Waals surface area contributed by atoms with E-state index in [9.17, 15) is 4.79 Å². The highest BCUT2D eigenvalue weighted by Crippen LogP contribution is 2.32. The molecule has 0 radical (unpaired) electrons. The molecule has 1 amide bonds. The summed E-state index contributed by atoms with van der Waals surface area (Å²) in [6.07, 6.45) is 11.2. The van der Waals surface area contributed by atoms with Crippen LogP contribution in [0.1, 0.15) is 43.7 Å². The van der Waals surface area contributed by atoms with Crippen molar-refractivity contribution >= 4 is 11.7 Å². The Bertz CT molecular complexity index is 661. The second-order valence-corrected chi connectivity index (χ2v) is 6.22. The summed E-state index contributed by atoms with van der Waals surface area (Å²) in [6.45, 7) is 1.76. The van der Waals surface area contributed by atoms with Gasteiger partial charge in [-0.05, 0) is 31.7 Å². The van der Waals surface area contributed by atoms with E-state index < -0.39 is 0 Å². The van der Waals surface area contributed by atoms with Crippen molar-refractivity contribution in [3.05, 3.63) is 30.4 Å². The molecule has 1 unspecified atom stereocenters. The lowest BCUT2D eigenvalue weighted by Gasteiger charge is -2.37. The van der Waals surface area contributed by atoms with Crippen LogP contribution >= 0.6 is 0 Å². The van der Waals surface area contributed by atoms with Gasteiger partial charge in [-0.15, -0.1) is 0 Å². The summed E-state index contributed by atoms with van der Waals surface area (Å²) in [5.74, 6) is 1.81. The average molecular weight is 284 g/mol. The Morgan fingerprint density at radius 3 is 2.81 bits per heavy atom. The number of aromatic nitrogens is 3. The van der Waals surface area contributed by atoms with E-state index in [4.69, 9.17) is 0 Å². The van der Waals surface area contributed by atoms with Gasteiger partial charge >= 0.3 is 0 Å². The van der Waals surface area contributed by atoms with Crippen LogP contribution in [-0.4, -0.2) is 38.3 Å². The fourth-order valence-corrected chi connectivity index (χ4v) is 3.52. The summed E-state index contributed by atoms with van der Waals surface area (Å²) >= 11 is 0. The lowest BCUT2D eigenvalue weighted by atomic mass is 9.83. The van der Waals surface area contributed by atoms with Crippen molar-refractivity contribution in [2.45, 2.75) is 38.0 Å². The van der Waals surface area contributed by atoms with Crippen molar-refractivity contribution in [1.29, 1.82) is 0 Å². The van der Waals surface area contributed by atoms with Crippen LogP contribution in [0.25, 0.3) is 5.78 Å². The summed E-state index contributed by atoms with van der Waals surface area (Å²) in [7, 11) is 0. The number of amides is 1. The number of hydrogen-bond donors (Lipinski definition) is 0. The van der Waals surface area contributed by atoms with Crippen molar-refractivity contribution in [1.82, 2.24) is 19.3 Å². The van der Waals surface area contributed by atoms with Crippen LogP contribution < -0.4 is 0 Å². The number of piperidine rings is 1. The Morgan fingerprint density at radius 2 is 2.00 bits per heavy atom. The molecule has 110 valence electrons. The Kier molecular flexibility index (Phi) is 3.13. The molecule has 1 aliphatic carbocycles. The minimum absolute atomic E-state index is 0.300. The van der Waals surface area contributed by atoms with Gasteiger partial charge < -0.3 is 4.90 Å². The topological polar surface area (TPSA) is 50.5 Å². The highest BCUT2D eigenvalue weighted by Gasteiger charge is 2.33. The van der Waals surface area contributed by atoms with Gasteiger partial charge in [0, 0.05) is 49.2 Å². The molecule has 5 heteroatoms. The molecular weight excluding hydrogens is 264 g/mol. The van der Waals surface area contributed by atoms with E-state index in [0.717, 1.165) is 44.6 Å². The van der Waals surface area contributed by atoms with E-state index >= 15 is 0 Å². The first-order chi connectivity index (χ1) is 10.3. The molecule has 0 bridgehead atoms. The van der Waals surface area contributed by atoms with Gasteiger partial charge in [0.2, 0.25) is 11.7 Å². The van der Waals surface area contributed by atoms with Crippen molar-refractivity contribution in [2.75, 3.05) is 13.1 Å². The van der Waals surface area contributed by atoms with Crippen LogP contribution in [0.5, 0.6) is 0 Å². The fraction of sp³-hybridized carbons (Fsp3) is 0.562. The number of carbonyl (C=O) groups is 1. The maximum absolute atomic E-state index is 12.5. The highest BCUT2D eigenvalue weighted by atomic mass is 16.2. The third-order valence-electron chi connectivity index (χ3n) is 4.94. The number of likely N-dealkylation sites (tertiary alicyclic amines) is 1. The standard InChI is InChI=1S/C16H20N4O/c21-15(12-3-1-4-12)19-9-2-5-13(11-19)14-6-7-17-16-18-8-10-20(14)16/h6-8,10,12-13H,1-5,9,11H2. The smallest absolute Gasteiger partial charge is 0.233 e. The van der Waals surface area contributed by atoms with Gasteiger partial charge in [-0.25, -0.2) is 9.97 Å². The van der Waals surface area contributed by atoms with Crippen LogP contribution in [-0.2, 0) is 4.79 Å². The molecule has 4 rings (SSSR count). The number of carbonyl (C=O) groups excluding carboxylic acids is 1. The zero-order valence-electron chi connectivity index (χ0n) is 12.1. The zero-order valence-corrected chi connectivity index (χ0v) is 12.1. The molecule has 3 heterocycles. The normalized spacial score (nSPS) is 23.2. The molecule has 1 saturated heterocycles. The Hall–Kier alpha value is -1.91. The average Bonchev–Trinajstić information content (AvgIpc) is 2.94. The molecule has 0 spiro atoms. The first-order valence-corrected chi connectivity index (χ1v) is 7.89. The molecule has 21 heavy (non-hydrogen) atoms. The summed E-state index contributed by atoms with van der Waals surface area (Å²) in [5, 5.41) is 0. The lowest BCUT2D eigenvalue weighted by Crippen LogP contribution is -2.44. The van der Waals surface area contributed by atoms with E-state index in [-0.39, 0.29) is 0 Å². The molecule has 1 aliphatic heterocycles. The first kappa shape index (κ1) is 12.8. The minimum atomic E-state index is 0.300. The molecule has 2 aromatic heterocycles. The highest BCUT2D eigenvalue weighted by molar-refractivity contribution is 5.79. The lowest BCUT2D eigenvalue weighted by molar-refractivity contribution is -0.139. The van der Waals surface area contributed by atoms with E-state index in [0.29, 0.717) is 17.7 Å². The van der Waals surface area contributed by atoms with Crippen LogP contribution in [0, 0.1) is 5.92 Å². The summed E-state index contributed by atoms with van der Waals surface area (Å²) in [4.78, 5) is 23.1. The number of fused-ring (bicyclic) bond motifs is 1. The van der Waals surface area contributed by atoms with Crippen LogP contribution in [0.4, 0.5) is 0 Å². The summed E-state index contributed by atoms with van der Waals surface area (Å²) in [6, 6.07) is 2.07. The SMILES string of the molecule is O=C(C1CCC1)N1CCCC(c2ccnc3nccn23)C1. The van der Waals surface area contributed by atoms with Gasteiger partial charge in [-0.3, -0.25) is 9.20 Å². The van der Waals surface area contributed by atoms with Gasteiger partial charge in [0.05, 0.1) is 0 Å². The first-order valence-electron chi connectivity index (χ1n) is 7.89. The molecule has 2 aliphatic rings. The third-order valence-corrected chi connectivity index (χ3v) is 4.94. The summed E-state index contributed by atoms with van der Waals surface area (Å²) < 4.78 is 2.06. The number of hydrogen-bond acceptors (Lipinski definition) is 3. The van der Waals surface area contributed by atoms with Crippen molar-refractivity contribution in [3.8, 4) is 0 Å². The van der Waals surface area contributed by atoms with Gasteiger partial charge in [0.25, 0.3) is 0 Å². The fourth-order valence-electron chi connectivity index (χ4n) is 3.52. The van der Waals surface area contributed by atoms with E-state index in [1.165, 1.54) is 12.1 Å². The van der Waals surface area contributed by atoms with Gasteiger partial charge in [0.1, 0.15) is 0 Å². The van der Waals surface area contributed by atoms with Gasteiger partial charge in [-0.2, -0.15) is 0 Å². The molecule has 2 fully saturated rings. The molecule has 2 aromatic rings. The van der Waals surface area contributed by atoms with Crippen molar-refractivity contribution in [2.24, 2.45) is 5.92 Å². The maximum atomic E-state index is 12.5. The molecule has 1 saturated carbocycles. The van der Waals surface area contributed by atoms with Crippen LogP contribution in [0.3, 0.4) is 0 Å². The molecule has 5 nitrogen and oxygen atoms in total. The molecule has 1 atom stereocenters. The Balaban J connectivity index is 1.57. The number of imidazole rings is 1. The largest absolute Gasteiger partial charge is 0.342 e. The number of nitrogens with zero attached hydrogens (tertiary/aromatic N) is 4. The predicted octanol–water partition coefficient (Wildman–Crippen LogP) is 2.24. The maximum Gasteiger partial charge on any atom is 0.233 e. The third kappa shape index (κ3) is 2.20. The monoisotopic (exact) mass is 284 g/mol. The van der Waals surface area contributed by atoms with Crippen LogP contribution in [0.2, 0.25) is 0 Å².